The smallest absolute Gasteiger partial charge is 0.0413 e. The maximum atomic E-state index is 3.28. The van der Waals surface area contributed by atoms with Crippen LogP contribution in [-0.4, -0.2) is 4.98 Å². The van der Waals surface area contributed by atoms with E-state index in [2.05, 4.69) is 32.6 Å². The summed E-state index contributed by atoms with van der Waals surface area (Å²) in [6, 6.07) is 0. The number of hydrogen-bond acceptors (Lipinski definition) is 0. The summed E-state index contributed by atoms with van der Waals surface area (Å²) in [5, 5.41) is 2.74. The molecule has 1 aromatic heterocycles. The lowest BCUT2D eigenvalue weighted by molar-refractivity contribution is 1.10. The minimum absolute atomic E-state index is 1.05. The molecule has 1 aromatic rings. The highest BCUT2D eigenvalue weighted by atomic mass is 31.0. The summed E-state index contributed by atoms with van der Waals surface area (Å²) in [7, 11) is 2.76. The standard InChI is InChI=1S/C9H12NP/c11-6-7-5-10-9-4-2-1-3-8(7)9/h3-5,10H,1-2,6,11H2. The van der Waals surface area contributed by atoms with Crippen LogP contribution >= 0.6 is 9.24 Å². The summed E-state index contributed by atoms with van der Waals surface area (Å²) in [6.45, 7) is 0. The first kappa shape index (κ1) is 7.12. The van der Waals surface area contributed by atoms with Crippen LogP contribution in [0.25, 0.3) is 12.2 Å². The monoisotopic (exact) mass is 165 g/mol. The summed E-state index contributed by atoms with van der Waals surface area (Å²) in [5.74, 6) is 0. The highest BCUT2D eigenvalue weighted by Gasteiger charge is 1.98. The van der Waals surface area contributed by atoms with E-state index >= 15 is 0 Å². The highest BCUT2D eigenvalue weighted by Crippen LogP contribution is 2.00. The predicted octanol–water partition coefficient (Wildman–Crippen LogP) is 0.745. The molecule has 1 heterocycles. The van der Waals surface area contributed by atoms with Crippen LogP contribution in [0.5, 0.6) is 0 Å². The predicted molar refractivity (Wildman–Crippen MR) is 51.6 cm³/mol. The molecule has 0 saturated carbocycles. The zero-order valence-electron chi connectivity index (χ0n) is 6.43. The lowest BCUT2D eigenvalue weighted by atomic mass is 10.1. The molecule has 1 unspecified atom stereocenters. The van der Waals surface area contributed by atoms with Gasteiger partial charge < -0.3 is 4.98 Å². The van der Waals surface area contributed by atoms with Crippen molar-refractivity contribution >= 4 is 21.4 Å². The zero-order chi connectivity index (χ0) is 7.68. The molecule has 0 aromatic carbocycles. The molecule has 0 fully saturated rings. The van der Waals surface area contributed by atoms with Gasteiger partial charge >= 0.3 is 0 Å². The number of hydrogen-bond donors (Lipinski definition) is 1. The van der Waals surface area contributed by atoms with Crippen LogP contribution < -0.4 is 10.6 Å². The van der Waals surface area contributed by atoms with Crippen molar-refractivity contribution in [2.45, 2.75) is 19.0 Å². The molecule has 1 N–H and O–H groups in total. The number of rotatable bonds is 1. The van der Waals surface area contributed by atoms with Crippen molar-refractivity contribution in [3.8, 4) is 0 Å². The van der Waals surface area contributed by atoms with Crippen LogP contribution in [0.1, 0.15) is 18.4 Å². The van der Waals surface area contributed by atoms with E-state index in [0.717, 1.165) is 6.16 Å². The number of H-pyrrole nitrogens is 1. The molecular weight excluding hydrogens is 153 g/mol. The number of aromatic amines is 1. The Labute approximate surface area is 68.4 Å². The third-order valence-electron chi connectivity index (χ3n) is 2.12. The first-order valence-corrected chi connectivity index (χ1v) is 4.80. The van der Waals surface area contributed by atoms with Crippen LogP contribution in [-0.2, 0) is 6.16 Å². The summed E-state index contributed by atoms with van der Waals surface area (Å²) in [4.78, 5) is 3.28. The number of fused-ring (bicyclic) bond motifs is 1. The van der Waals surface area contributed by atoms with Gasteiger partial charge in [-0.25, -0.2) is 0 Å². The normalized spacial score (nSPS) is 15.0. The molecule has 1 aliphatic rings. The quantitative estimate of drug-likeness (QED) is 0.591. The molecular formula is C9H12NP. The fraction of sp³-hybridized carbons (Fsp3) is 0.333. The van der Waals surface area contributed by atoms with Gasteiger partial charge in [0.05, 0.1) is 0 Å². The fourth-order valence-corrected chi connectivity index (χ4v) is 1.87. The van der Waals surface area contributed by atoms with Crippen LogP contribution in [0.15, 0.2) is 6.20 Å². The van der Waals surface area contributed by atoms with E-state index in [1.54, 1.807) is 0 Å². The Bertz CT molecular complexity index is 361. The van der Waals surface area contributed by atoms with Crippen molar-refractivity contribution in [3.63, 3.8) is 0 Å². The average molecular weight is 165 g/mol. The molecule has 11 heavy (non-hydrogen) atoms. The van der Waals surface area contributed by atoms with Crippen LogP contribution in [0, 0.1) is 0 Å². The van der Waals surface area contributed by atoms with Gasteiger partial charge in [-0.2, -0.15) is 0 Å². The van der Waals surface area contributed by atoms with Crippen LogP contribution in [0.3, 0.4) is 0 Å². The van der Waals surface area contributed by atoms with Gasteiger partial charge in [-0.3, -0.25) is 0 Å². The minimum atomic E-state index is 1.05. The Morgan fingerprint density at radius 3 is 3.00 bits per heavy atom. The molecule has 0 bridgehead atoms. The van der Waals surface area contributed by atoms with Crippen LogP contribution in [0.2, 0.25) is 0 Å². The number of nitrogens with one attached hydrogen (secondary N) is 1. The molecule has 2 heteroatoms. The van der Waals surface area contributed by atoms with Crippen molar-refractivity contribution in [1.29, 1.82) is 0 Å². The van der Waals surface area contributed by atoms with E-state index in [1.165, 1.54) is 29.0 Å². The Morgan fingerprint density at radius 1 is 1.36 bits per heavy atom. The largest absolute Gasteiger partial charge is 0.361 e. The van der Waals surface area contributed by atoms with Gasteiger partial charge in [-0.15, -0.1) is 9.24 Å². The van der Waals surface area contributed by atoms with E-state index in [0.29, 0.717) is 0 Å². The Hall–Kier alpha value is -0.550. The van der Waals surface area contributed by atoms with E-state index in [-0.39, 0.29) is 0 Å². The van der Waals surface area contributed by atoms with Gasteiger partial charge in [0.15, 0.2) is 0 Å². The lowest BCUT2D eigenvalue weighted by Gasteiger charge is -1.94. The average Bonchev–Trinajstić information content (AvgIpc) is 2.47. The Balaban J connectivity index is 2.73. The van der Waals surface area contributed by atoms with Gasteiger partial charge in [0.1, 0.15) is 0 Å². The maximum Gasteiger partial charge on any atom is 0.0413 e. The van der Waals surface area contributed by atoms with Crippen molar-refractivity contribution in [2.75, 3.05) is 0 Å². The Kier molecular flexibility index (Phi) is 1.83. The first-order valence-electron chi connectivity index (χ1n) is 3.98. The minimum Gasteiger partial charge on any atom is -0.361 e. The molecule has 0 radical (unpaired) electrons. The third kappa shape index (κ3) is 1.14. The second-order valence-electron chi connectivity index (χ2n) is 2.83. The van der Waals surface area contributed by atoms with E-state index in [1.807, 2.05) is 0 Å². The van der Waals surface area contributed by atoms with Crippen LogP contribution in [0.4, 0.5) is 0 Å². The van der Waals surface area contributed by atoms with Gasteiger partial charge in [0.2, 0.25) is 0 Å². The highest BCUT2D eigenvalue weighted by molar-refractivity contribution is 7.15. The summed E-state index contributed by atoms with van der Waals surface area (Å²) >= 11 is 0. The van der Waals surface area contributed by atoms with Gasteiger partial charge in [-0.1, -0.05) is 12.2 Å². The topological polar surface area (TPSA) is 15.8 Å². The van der Waals surface area contributed by atoms with E-state index < -0.39 is 0 Å². The second-order valence-corrected chi connectivity index (χ2v) is 3.24. The summed E-state index contributed by atoms with van der Waals surface area (Å²) < 4.78 is 0. The summed E-state index contributed by atoms with van der Waals surface area (Å²) in [5.41, 5.74) is 1.42. The van der Waals surface area contributed by atoms with Gasteiger partial charge in [-0.05, 0) is 29.8 Å². The van der Waals surface area contributed by atoms with Gasteiger partial charge in [0, 0.05) is 11.5 Å². The third-order valence-corrected chi connectivity index (χ3v) is 2.56. The van der Waals surface area contributed by atoms with E-state index in [9.17, 15) is 0 Å². The lowest BCUT2D eigenvalue weighted by Crippen LogP contribution is -2.26. The van der Waals surface area contributed by atoms with Crippen molar-refractivity contribution in [1.82, 2.24) is 4.98 Å². The van der Waals surface area contributed by atoms with Crippen molar-refractivity contribution < 1.29 is 0 Å². The van der Waals surface area contributed by atoms with Crippen molar-refractivity contribution in [2.24, 2.45) is 0 Å². The molecule has 1 nitrogen and oxygen atoms in total. The van der Waals surface area contributed by atoms with E-state index in [4.69, 9.17) is 0 Å². The first-order chi connectivity index (χ1) is 5.42. The number of aromatic nitrogens is 1. The molecule has 0 saturated heterocycles. The molecule has 0 spiro atoms. The molecule has 0 amide bonds. The molecule has 2 rings (SSSR count). The molecule has 1 atom stereocenters. The SMILES string of the molecule is PCc1c[nH]c2c1=CCCC=2. The second kappa shape index (κ2) is 2.83. The molecule has 58 valence electrons. The molecule has 1 aliphatic carbocycles. The zero-order valence-corrected chi connectivity index (χ0v) is 7.59. The fourth-order valence-electron chi connectivity index (χ4n) is 1.53. The maximum absolute atomic E-state index is 3.28. The summed E-state index contributed by atoms with van der Waals surface area (Å²) in [6.07, 6.45) is 10.1. The van der Waals surface area contributed by atoms with Gasteiger partial charge in [0.25, 0.3) is 0 Å². The molecule has 0 aliphatic heterocycles. The van der Waals surface area contributed by atoms with Crippen molar-refractivity contribution in [3.05, 3.63) is 22.3 Å². The Morgan fingerprint density at radius 2 is 2.18 bits per heavy atom.